The van der Waals surface area contributed by atoms with Gasteiger partial charge < -0.3 is 30.5 Å². The number of carbonyl (C=O) groups is 3. The number of β-amino-alcohol motifs (C(OH)–C–C–N with tert-alkyl or cyclic N) is 1. The first-order valence-corrected chi connectivity index (χ1v) is 8.80. The van der Waals surface area contributed by atoms with E-state index in [9.17, 15) is 24.6 Å². The zero-order valence-electron chi connectivity index (χ0n) is 13.7. The maximum atomic E-state index is 12.2. The molecule has 0 bridgehead atoms. The number of carbonyl (C=O) groups excluding carboxylic acids is 1. The Kier molecular flexibility index (Phi) is 5.01. The number of hydrogen-bond acceptors (Lipinski definition) is 8. The topological polar surface area (TPSA) is 160 Å². The summed E-state index contributed by atoms with van der Waals surface area (Å²) in [5.41, 5.74) is 0. The molecule has 3 aliphatic heterocycles. The van der Waals surface area contributed by atoms with Crippen LogP contribution < -0.4 is 5.32 Å². The third-order valence-corrected chi connectivity index (χ3v) is 5.86. The van der Waals surface area contributed by atoms with Gasteiger partial charge in [0.15, 0.2) is 0 Å². The highest BCUT2D eigenvalue weighted by Gasteiger charge is 2.57. The number of aliphatic hydroxyl groups is 2. The molecule has 3 aliphatic rings. The molecule has 2 fully saturated rings. The first-order chi connectivity index (χ1) is 12.2. The summed E-state index contributed by atoms with van der Waals surface area (Å²) in [7, 11) is 0. The van der Waals surface area contributed by atoms with Crippen LogP contribution >= 0.6 is 11.8 Å². The second kappa shape index (κ2) is 6.95. The first kappa shape index (κ1) is 18.8. The van der Waals surface area contributed by atoms with Gasteiger partial charge in [-0.15, -0.1) is 0 Å². The zero-order valence-corrected chi connectivity index (χ0v) is 14.5. The minimum Gasteiger partial charge on any atom is -0.465 e. The van der Waals surface area contributed by atoms with Crippen LogP contribution in [-0.2, 0) is 9.53 Å². The maximum Gasteiger partial charge on any atom is 0.512 e. The average Bonchev–Trinajstić information content (AvgIpc) is 2.96. The monoisotopic (exact) mass is 389 g/mol. The molecule has 0 radical (unpaired) electrons. The van der Waals surface area contributed by atoms with Crippen LogP contribution in [0.2, 0.25) is 0 Å². The molecule has 0 saturated carbocycles. The quantitative estimate of drug-likeness (QED) is 0.304. The summed E-state index contributed by atoms with van der Waals surface area (Å²) < 4.78 is 4.78. The van der Waals surface area contributed by atoms with E-state index in [1.54, 1.807) is 4.90 Å². The Labute approximate surface area is 152 Å². The van der Waals surface area contributed by atoms with Crippen molar-refractivity contribution < 1.29 is 39.5 Å². The van der Waals surface area contributed by atoms with Gasteiger partial charge in [-0.25, -0.2) is 9.59 Å². The summed E-state index contributed by atoms with van der Waals surface area (Å²) in [4.78, 5) is 37.4. The van der Waals surface area contributed by atoms with Crippen molar-refractivity contribution in [1.82, 2.24) is 15.1 Å². The molecule has 11 nitrogen and oxygen atoms in total. The van der Waals surface area contributed by atoms with Gasteiger partial charge in [0.05, 0.1) is 29.2 Å². The molecule has 2 amide bonds. The molecule has 26 heavy (non-hydrogen) atoms. The van der Waals surface area contributed by atoms with E-state index >= 15 is 0 Å². The van der Waals surface area contributed by atoms with Crippen molar-refractivity contribution in [2.24, 2.45) is 5.92 Å². The molecule has 0 unspecified atom stereocenters. The molecule has 0 aromatic rings. The van der Waals surface area contributed by atoms with Crippen molar-refractivity contribution in [3.05, 3.63) is 10.8 Å². The minimum absolute atomic E-state index is 0.0993. The standard InChI is InChI=1S/C14H19N3O8S/c1-5(18)9-10(20)17-11(25-14(23)24)7(26-12(9)17)4-16-3-6(19)2-8(16)15-13(21)22/h5-6,8-9,12,15,18-19H,2-4H2,1H3,(H,21,22)(H,23,24)/t5-,6-,8+,9+,12-/m1/s1. The Hall–Kier alpha value is -2.02. The van der Waals surface area contributed by atoms with E-state index < -0.39 is 47.8 Å². The molecule has 12 heteroatoms. The normalized spacial score (nSPS) is 32.3. The highest BCUT2D eigenvalue weighted by atomic mass is 32.2. The smallest absolute Gasteiger partial charge is 0.465 e. The fraction of sp³-hybridized carbons (Fsp3) is 0.643. The van der Waals surface area contributed by atoms with E-state index in [2.05, 4.69) is 5.32 Å². The molecule has 0 aromatic carbocycles. The number of carboxylic acid groups (broad SMARTS) is 2. The lowest BCUT2D eigenvalue weighted by Gasteiger charge is -2.43. The summed E-state index contributed by atoms with van der Waals surface area (Å²) in [5, 5.41) is 39.3. The number of ether oxygens (including phenoxy) is 1. The molecule has 5 N–H and O–H groups in total. The molecule has 144 valence electrons. The van der Waals surface area contributed by atoms with Crippen LogP contribution in [0.25, 0.3) is 0 Å². The molecule has 5 atom stereocenters. The van der Waals surface area contributed by atoms with Crippen LogP contribution in [0.15, 0.2) is 10.8 Å². The van der Waals surface area contributed by atoms with Gasteiger partial charge in [-0.1, -0.05) is 11.8 Å². The molecule has 3 rings (SSSR count). The lowest BCUT2D eigenvalue weighted by atomic mass is 9.93. The highest BCUT2D eigenvalue weighted by molar-refractivity contribution is 8.04. The van der Waals surface area contributed by atoms with Crippen LogP contribution in [0, 0.1) is 5.92 Å². The third kappa shape index (κ3) is 3.32. The summed E-state index contributed by atoms with van der Waals surface area (Å²) >= 11 is 1.20. The van der Waals surface area contributed by atoms with E-state index in [0.29, 0.717) is 4.91 Å². The van der Waals surface area contributed by atoms with E-state index in [-0.39, 0.29) is 25.4 Å². The predicted molar refractivity (Wildman–Crippen MR) is 86.7 cm³/mol. The van der Waals surface area contributed by atoms with E-state index in [0.717, 1.165) is 0 Å². The van der Waals surface area contributed by atoms with E-state index in [4.69, 9.17) is 14.9 Å². The van der Waals surface area contributed by atoms with Crippen molar-refractivity contribution in [2.45, 2.75) is 37.1 Å². The van der Waals surface area contributed by atoms with Crippen LogP contribution in [0.5, 0.6) is 0 Å². The lowest BCUT2D eigenvalue weighted by molar-refractivity contribution is -0.155. The number of nitrogens with one attached hydrogen (secondary N) is 1. The van der Waals surface area contributed by atoms with Crippen molar-refractivity contribution in [3.8, 4) is 0 Å². The maximum absolute atomic E-state index is 12.2. The van der Waals surface area contributed by atoms with Crippen LogP contribution in [0.3, 0.4) is 0 Å². The van der Waals surface area contributed by atoms with Gasteiger partial charge in [0.2, 0.25) is 11.8 Å². The van der Waals surface area contributed by atoms with Gasteiger partial charge in [0.25, 0.3) is 0 Å². The number of nitrogens with zero attached hydrogens (tertiary/aromatic N) is 2. The van der Waals surface area contributed by atoms with Gasteiger partial charge in [0, 0.05) is 19.5 Å². The van der Waals surface area contributed by atoms with Crippen LogP contribution in [-0.4, -0.2) is 85.2 Å². The molecular formula is C14H19N3O8S. The van der Waals surface area contributed by atoms with Crippen molar-refractivity contribution in [1.29, 1.82) is 0 Å². The van der Waals surface area contributed by atoms with Gasteiger partial charge in [-0.3, -0.25) is 14.6 Å². The molecule has 0 aromatic heterocycles. The van der Waals surface area contributed by atoms with Crippen molar-refractivity contribution in [3.63, 3.8) is 0 Å². The number of thioether (sulfide) groups is 1. The molecular weight excluding hydrogens is 370 g/mol. The number of aliphatic hydroxyl groups excluding tert-OH is 2. The highest BCUT2D eigenvalue weighted by Crippen LogP contribution is 2.50. The largest absolute Gasteiger partial charge is 0.512 e. The van der Waals surface area contributed by atoms with Gasteiger partial charge in [-0.05, 0) is 6.92 Å². The molecule has 0 aliphatic carbocycles. The van der Waals surface area contributed by atoms with Crippen molar-refractivity contribution >= 4 is 29.9 Å². The Morgan fingerprint density at radius 3 is 2.69 bits per heavy atom. The summed E-state index contributed by atoms with van der Waals surface area (Å²) in [6.45, 7) is 1.77. The minimum atomic E-state index is -1.58. The number of β-lactam (4-membered cyclic amide) rings is 1. The van der Waals surface area contributed by atoms with Crippen LogP contribution in [0.4, 0.5) is 9.59 Å². The second-order valence-electron chi connectivity index (χ2n) is 6.36. The number of likely N-dealkylation sites (tertiary alicyclic amines) is 1. The van der Waals surface area contributed by atoms with Crippen molar-refractivity contribution in [2.75, 3.05) is 13.1 Å². The number of hydrogen-bond donors (Lipinski definition) is 5. The Balaban J connectivity index is 1.80. The summed E-state index contributed by atoms with van der Waals surface area (Å²) in [5.74, 6) is -1.21. The Morgan fingerprint density at radius 2 is 2.12 bits per heavy atom. The SMILES string of the molecule is C[C@@H](O)[C@H]1C(=O)N2C(OC(=O)O)=C(CN3C[C@H](O)C[C@H]3NC(=O)O)S[C@H]12. The zero-order chi connectivity index (χ0) is 19.2. The fourth-order valence-electron chi connectivity index (χ4n) is 3.43. The molecule has 0 spiro atoms. The number of fused-ring (bicyclic) bond motifs is 1. The van der Waals surface area contributed by atoms with E-state index in [1.807, 2.05) is 0 Å². The van der Waals surface area contributed by atoms with Crippen LogP contribution in [0.1, 0.15) is 13.3 Å². The molecule has 2 saturated heterocycles. The van der Waals surface area contributed by atoms with Gasteiger partial charge in [0.1, 0.15) is 5.37 Å². The lowest BCUT2D eigenvalue weighted by Crippen LogP contribution is -2.60. The molecule has 3 heterocycles. The Bertz CT molecular complexity index is 669. The average molecular weight is 389 g/mol. The number of rotatable bonds is 5. The fourth-order valence-corrected chi connectivity index (χ4v) is 5.00. The second-order valence-corrected chi connectivity index (χ2v) is 7.58. The van der Waals surface area contributed by atoms with E-state index in [1.165, 1.54) is 23.6 Å². The first-order valence-electron chi connectivity index (χ1n) is 7.92. The predicted octanol–water partition coefficient (Wildman–Crippen LogP) is -0.577. The van der Waals surface area contributed by atoms with Gasteiger partial charge >= 0.3 is 12.2 Å². The van der Waals surface area contributed by atoms with Gasteiger partial charge in [-0.2, -0.15) is 0 Å². The number of amides is 2. The Morgan fingerprint density at radius 1 is 1.42 bits per heavy atom. The summed E-state index contributed by atoms with van der Waals surface area (Å²) in [6, 6.07) is 0. The third-order valence-electron chi connectivity index (χ3n) is 4.53. The summed E-state index contributed by atoms with van der Waals surface area (Å²) in [6.07, 6.45) is -4.88.